The third-order valence-corrected chi connectivity index (χ3v) is 4.58. The molecule has 0 saturated carbocycles. The number of non-ortho nitro benzene ring substituents is 1. The first kappa shape index (κ1) is 17.6. The fourth-order valence-corrected chi connectivity index (χ4v) is 3.33. The van der Waals surface area contributed by atoms with E-state index in [1.54, 1.807) is 31.4 Å². The molecule has 0 fully saturated rings. The number of anilines is 1. The van der Waals surface area contributed by atoms with Gasteiger partial charge < -0.3 is 14.8 Å². The molecule has 0 aliphatic heterocycles. The predicted octanol–water partition coefficient (Wildman–Crippen LogP) is 3.40. The van der Waals surface area contributed by atoms with E-state index in [0.717, 1.165) is 5.56 Å². The number of thiazole rings is 1. The lowest BCUT2D eigenvalue weighted by atomic mass is 10.1. The van der Waals surface area contributed by atoms with Gasteiger partial charge in [-0.15, -0.1) is 0 Å². The Bertz CT molecular complexity index is 986. The molecule has 9 heteroatoms. The fraction of sp³-hybridized carbons (Fsp3) is 0.176. The van der Waals surface area contributed by atoms with Crippen molar-refractivity contribution in [2.75, 3.05) is 19.5 Å². The maximum absolute atomic E-state index is 12.3. The van der Waals surface area contributed by atoms with Gasteiger partial charge in [-0.25, -0.2) is 4.98 Å². The van der Waals surface area contributed by atoms with E-state index in [1.807, 2.05) is 0 Å². The summed E-state index contributed by atoms with van der Waals surface area (Å²) in [6, 6.07) is 9.64. The van der Waals surface area contributed by atoms with Crippen molar-refractivity contribution in [1.82, 2.24) is 4.98 Å². The molecule has 26 heavy (non-hydrogen) atoms. The number of hydrogen-bond donors (Lipinski definition) is 1. The Balaban J connectivity index is 1.73. The zero-order chi connectivity index (χ0) is 18.7. The van der Waals surface area contributed by atoms with Crippen LogP contribution in [-0.2, 0) is 11.2 Å². The van der Waals surface area contributed by atoms with Crippen LogP contribution in [0.25, 0.3) is 10.2 Å². The lowest BCUT2D eigenvalue weighted by Gasteiger charge is -2.09. The molecule has 0 aliphatic carbocycles. The van der Waals surface area contributed by atoms with Crippen LogP contribution < -0.4 is 14.8 Å². The average Bonchev–Trinajstić information content (AvgIpc) is 3.02. The number of carbonyl (C=O) groups is 1. The molecule has 1 aromatic heterocycles. The molecule has 0 atom stereocenters. The largest absolute Gasteiger partial charge is 0.493 e. The predicted molar refractivity (Wildman–Crippen MR) is 98.2 cm³/mol. The van der Waals surface area contributed by atoms with E-state index in [0.29, 0.717) is 26.8 Å². The molecular weight excluding hydrogens is 358 g/mol. The van der Waals surface area contributed by atoms with Crippen LogP contribution in [0.2, 0.25) is 0 Å². The monoisotopic (exact) mass is 373 g/mol. The van der Waals surface area contributed by atoms with Crippen molar-refractivity contribution in [1.29, 1.82) is 0 Å². The number of nitro groups is 1. The second-order valence-electron chi connectivity index (χ2n) is 5.34. The molecule has 2 aromatic carbocycles. The van der Waals surface area contributed by atoms with Gasteiger partial charge in [0, 0.05) is 12.1 Å². The zero-order valence-electron chi connectivity index (χ0n) is 14.0. The van der Waals surface area contributed by atoms with Crippen molar-refractivity contribution in [3.8, 4) is 11.5 Å². The minimum atomic E-state index is -0.464. The van der Waals surface area contributed by atoms with Crippen molar-refractivity contribution < 1.29 is 19.2 Å². The molecule has 134 valence electrons. The van der Waals surface area contributed by atoms with E-state index in [9.17, 15) is 14.9 Å². The Labute approximate surface area is 152 Å². The second-order valence-corrected chi connectivity index (χ2v) is 6.37. The third-order valence-electron chi connectivity index (χ3n) is 3.64. The van der Waals surface area contributed by atoms with Gasteiger partial charge in [-0.05, 0) is 23.8 Å². The number of amides is 1. The Hall–Kier alpha value is -3.20. The van der Waals surface area contributed by atoms with E-state index in [1.165, 1.54) is 30.6 Å². The summed E-state index contributed by atoms with van der Waals surface area (Å²) in [4.78, 5) is 26.9. The first-order valence-corrected chi connectivity index (χ1v) is 8.37. The molecule has 1 N–H and O–H groups in total. The van der Waals surface area contributed by atoms with Crippen LogP contribution in [0, 0.1) is 10.1 Å². The number of nitrogens with one attached hydrogen (secondary N) is 1. The summed E-state index contributed by atoms with van der Waals surface area (Å²) < 4.78 is 11.0. The molecule has 0 aliphatic rings. The number of benzene rings is 2. The first-order valence-electron chi connectivity index (χ1n) is 7.56. The molecule has 0 radical (unpaired) electrons. The van der Waals surface area contributed by atoms with Gasteiger partial charge in [0.25, 0.3) is 5.69 Å². The van der Waals surface area contributed by atoms with E-state index < -0.39 is 4.92 Å². The number of fused-ring (bicyclic) bond motifs is 1. The van der Waals surface area contributed by atoms with Crippen LogP contribution in [0.4, 0.5) is 10.8 Å². The average molecular weight is 373 g/mol. The minimum Gasteiger partial charge on any atom is -0.493 e. The fourth-order valence-electron chi connectivity index (χ4n) is 2.42. The Morgan fingerprint density at radius 3 is 2.65 bits per heavy atom. The number of rotatable bonds is 6. The summed E-state index contributed by atoms with van der Waals surface area (Å²) in [5.74, 6) is 0.889. The van der Waals surface area contributed by atoms with Gasteiger partial charge in [0.05, 0.1) is 35.8 Å². The number of nitro benzene ring substituents is 1. The molecule has 1 heterocycles. The lowest BCUT2D eigenvalue weighted by Crippen LogP contribution is -2.14. The van der Waals surface area contributed by atoms with E-state index in [2.05, 4.69) is 10.3 Å². The molecule has 0 unspecified atom stereocenters. The highest BCUT2D eigenvalue weighted by molar-refractivity contribution is 7.22. The smallest absolute Gasteiger partial charge is 0.270 e. The summed E-state index contributed by atoms with van der Waals surface area (Å²) in [6.07, 6.45) is 0.135. The molecule has 0 saturated heterocycles. The first-order chi connectivity index (χ1) is 12.5. The third kappa shape index (κ3) is 3.72. The van der Waals surface area contributed by atoms with Crippen molar-refractivity contribution in [2.45, 2.75) is 6.42 Å². The van der Waals surface area contributed by atoms with Crippen LogP contribution >= 0.6 is 11.3 Å². The number of methoxy groups -OCH3 is 2. The van der Waals surface area contributed by atoms with Gasteiger partial charge in [-0.2, -0.15) is 0 Å². The van der Waals surface area contributed by atoms with E-state index in [-0.39, 0.29) is 18.0 Å². The van der Waals surface area contributed by atoms with Crippen molar-refractivity contribution >= 4 is 38.3 Å². The lowest BCUT2D eigenvalue weighted by molar-refractivity contribution is -0.384. The summed E-state index contributed by atoms with van der Waals surface area (Å²) in [5.41, 5.74) is 1.35. The summed E-state index contributed by atoms with van der Waals surface area (Å²) >= 11 is 1.19. The number of ether oxygens (including phenoxy) is 2. The van der Waals surface area contributed by atoms with Crippen molar-refractivity contribution in [3.63, 3.8) is 0 Å². The second kappa shape index (κ2) is 7.36. The zero-order valence-corrected chi connectivity index (χ0v) is 14.8. The van der Waals surface area contributed by atoms with Crippen molar-refractivity contribution in [2.24, 2.45) is 0 Å². The van der Waals surface area contributed by atoms with Gasteiger partial charge in [-0.3, -0.25) is 14.9 Å². The van der Waals surface area contributed by atoms with Crippen LogP contribution in [0.5, 0.6) is 11.5 Å². The van der Waals surface area contributed by atoms with Crippen LogP contribution in [0.1, 0.15) is 5.56 Å². The highest BCUT2D eigenvalue weighted by Crippen LogP contribution is 2.30. The highest BCUT2D eigenvalue weighted by atomic mass is 32.1. The standard InChI is InChI=1S/C17H15N3O5S/c1-24-13-6-3-10(7-14(13)25-2)8-16(21)19-17-18-12-5-4-11(20(22)23)9-15(12)26-17/h3-7,9H,8H2,1-2H3,(H,18,19,21). The summed E-state index contributed by atoms with van der Waals surface area (Å²) in [7, 11) is 3.07. The van der Waals surface area contributed by atoms with Gasteiger partial charge in [0.15, 0.2) is 16.6 Å². The van der Waals surface area contributed by atoms with Gasteiger partial charge in [0.2, 0.25) is 5.91 Å². The quantitative estimate of drug-likeness (QED) is 0.525. The van der Waals surface area contributed by atoms with Crippen LogP contribution in [0.15, 0.2) is 36.4 Å². The van der Waals surface area contributed by atoms with Crippen molar-refractivity contribution in [3.05, 3.63) is 52.1 Å². The molecule has 0 spiro atoms. The van der Waals surface area contributed by atoms with E-state index >= 15 is 0 Å². The molecule has 0 bridgehead atoms. The number of carbonyl (C=O) groups excluding carboxylic acids is 1. The SMILES string of the molecule is COc1ccc(CC(=O)Nc2nc3ccc([N+](=O)[O-])cc3s2)cc1OC. The van der Waals surface area contributed by atoms with Crippen LogP contribution in [-0.4, -0.2) is 30.0 Å². The molecular formula is C17H15N3O5S. The summed E-state index contributed by atoms with van der Waals surface area (Å²) in [5, 5.41) is 13.9. The maximum Gasteiger partial charge on any atom is 0.270 e. The van der Waals surface area contributed by atoms with Gasteiger partial charge in [0.1, 0.15) is 0 Å². The Morgan fingerprint density at radius 2 is 1.96 bits per heavy atom. The number of nitrogens with zero attached hydrogens (tertiary/aromatic N) is 2. The van der Waals surface area contributed by atoms with Crippen LogP contribution in [0.3, 0.4) is 0 Å². The Kier molecular flexibility index (Phi) is 4.99. The number of aromatic nitrogens is 1. The van der Waals surface area contributed by atoms with Gasteiger partial charge >= 0.3 is 0 Å². The van der Waals surface area contributed by atoms with E-state index in [4.69, 9.17) is 9.47 Å². The number of hydrogen-bond acceptors (Lipinski definition) is 7. The molecule has 3 aromatic rings. The Morgan fingerprint density at radius 1 is 1.19 bits per heavy atom. The molecule has 8 nitrogen and oxygen atoms in total. The maximum atomic E-state index is 12.3. The van der Waals surface area contributed by atoms with Gasteiger partial charge in [-0.1, -0.05) is 17.4 Å². The minimum absolute atomic E-state index is 0.00986. The highest BCUT2D eigenvalue weighted by Gasteiger charge is 2.13. The molecule has 3 rings (SSSR count). The normalized spacial score (nSPS) is 10.5. The molecule has 1 amide bonds. The topological polar surface area (TPSA) is 104 Å². The summed E-state index contributed by atoms with van der Waals surface area (Å²) in [6.45, 7) is 0.